The van der Waals surface area contributed by atoms with Crippen LogP contribution >= 0.6 is 11.3 Å². The van der Waals surface area contributed by atoms with Crippen LogP contribution in [0.2, 0.25) is 0 Å². The lowest BCUT2D eigenvalue weighted by Gasteiger charge is -2.12. The molecule has 0 aliphatic rings. The van der Waals surface area contributed by atoms with Gasteiger partial charge >= 0.3 is 0 Å². The van der Waals surface area contributed by atoms with E-state index in [1.165, 1.54) is 11.3 Å². The number of rotatable bonds is 3. The van der Waals surface area contributed by atoms with Crippen molar-refractivity contribution >= 4 is 11.3 Å². The molecule has 0 spiro atoms. The molecule has 2 N–H and O–H groups in total. The lowest BCUT2D eigenvalue weighted by Crippen LogP contribution is -2.17. The fourth-order valence-electron chi connectivity index (χ4n) is 1.74. The molecule has 96 valence electrons. The molecule has 1 atom stereocenters. The van der Waals surface area contributed by atoms with E-state index in [0.717, 1.165) is 5.01 Å². The lowest BCUT2D eigenvalue weighted by atomic mass is 10.0. The number of hydrogen-bond acceptors (Lipinski definition) is 3. The van der Waals surface area contributed by atoms with E-state index < -0.39 is 23.5 Å². The van der Waals surface area contributed by atoms with Gasteiger partial charge in [-0.15, -0.1) is 11.3 Å². The van der Waals surface area contributed by atoms with E-state index in [2.05, 4.69) is 4.98 Å². The second kappa shape index (κ2) is 5.07. The van der Waals surface area contributed by atoms with E-state index in [9.17, 15) is 13.2 Å². The minimum Gasteiger partial charge on any atom is -0.323 e. The van der Waals surface area contributed by atoms with Crippen molar-refractivity contribution in [3.8, 4) is 0 Å². The summed E-state index contributed by atoms with van der Waals surface area (Å²) in [6.07, 6.45) is 0.212. The Kier molecular flexibility index (Phi) is 3.68. The van der Waals surface area contributed by atoms with Crippen LogP contribution < -0.4 is 5.73 Å². The van der Waals surface area contributed by atoms with Crippen molar-refractivity contribution in [3.63, 3.8) is 0 Å². The van der Waals surface area contributed by atoms with Gasteiger partial charge in [0.25, 0.3) is 0 Å². The molecule has 0 amide bonds. The van der Waals surface area contributed by atoms with Gasteiger partial charge in [-0.1, -0.05) is 0 Å². The van der Waals surface area contributed by atoms with Crippen molar-refractivity contribution in [2.24, 2.45) is 5.73 Å². The first kappa shape index (κ1) is 13.0. The molecule has 2 rings (SSSR count). The summed E-state index contributed by atoms with van der Waals surface area (Å²) < 4.78 is 39.8. The molecule has 0 saturated heterocycles. The van der Waals surface area contributed by atoms with Crippen LogP contribution in [0, 0.1) is 24.4 Å². The zero-order valence-corrected chi connectivity index (χ0v) is 10.4. The average molecular weight is 272 g/mol. The summed E-state index contributed by atoms with van der Waals surface area (Å²) in [7, 11) is 0. The second-order valence-corrected chi connectivity index (χ2v) is 5.01. The molecule has 1 aromatic heterocycles. The van der Waals surface area contributed by atoms with E-state index in [4.69, 9.17) is 5.73 Å². The first-order valence-corrected chi connectivity index (χ1v) is 6.16. The molecule has 18 heavy (non-hydrogen) atoms. The fourth-order valence-corrected chi connectivity index (χ4v) is 2.36. The van der Waals surface area contributed by atoms with Gasteiger partial charge in [-0.3, -0.25) is 0 Å². The first-order chi connectivity index (χ1) is 8.47. The van der Waals surface area contributed by atoms with Crippen LogP contribution in [-0.2, 0) is 6.42 Å². The lowest BCUT2D eigenvalue weighted by molar-refractivity contribution is 0.500. The molecule has 1 aromatic carbocycles. The molecular formula is C12H11F3N2S. The van der Waals surface area contributed by atoms with Crippen LogP contribution in [0.4, 0.5) is 13.2 Å². The Balaban J connectivity index is 2.26. The van der Waals surface area contributed by atoms with E-state index in [0.29, 0.717) is 17.8 Å². The number of nitrogens with zero attached hydrogens (tertiary/aromatic N) is 1. The molecular weight excluding hydrogens is 261 g/mol. The highest BCUT2D eigenvalue weighted by atomic mass is 32.1. The molecule has 1 unspecified atom stereocenters. The molecule has 2 aromatic rings. The normalized spacial score (nSPS) is 12.7. The molecule has 1 heterocycles. The molecule has 0 fully saturated rings. The zero-order chi connectivity index (χ0) is 13.3. The van der Waals surface area contributed by atoms with Crippen LogP contribution in [0.3, 0.4) is 0 Å². The summed E-state index contributed by atoms with van der Waals surface area (Å²) in [5.74, 6) is -2.88. The first-order valence-electron chi connectivity index (χ1n) is 5.28. The summed E-state index contributed by atoms with van der Waals surface area (Å²) >= 11 is 1.44. The van der Waals surface area contributed by atoms with Crippen LogP contribution in [0.5, 0.6) is 0 Å². The standard InChI is InChI=1S/C12H11F3N2S/c1-6-17-8(5-18-6)4-11(16)12-9(14)2-7(13)3-10(12)15/h2-3,5,11H,4,16H2,1H3. The maximum atomic E-state index is 13.5. The molecule has 0 saturated carbocycles. The van der Waals surface area contributed by atoms with E-state index in [1.807, 2.05) is 6.92 Å². The summed E-state index contributed by atoms with van der Waals surface area (Å²) in [6, 6.07) is 0.377. The van der Waals surface area contributed by atoms with Crippen molar-refractivity contribution in [2.75, 3.05) is 0 Å². The fraction of sp³-hybridized carbons (Fsp3) is 0.250. The van der Waals surface area contributed by atoms with Gasteiger partial charge in [0.15, 0.2) is 0 Å². The summed E-state index contributed by atoms with van der Waals surface area (Å²) in [6.45, 7) is 1.83. The van der Waals surface area contributed by atoms with Crippen LogP contribution in [0.25, 0.3) is 0 Å². The Morgan fingerprint density at radius 1 is 1.28 bits per heavy atom. The van der Waals surface area contributed by atoms with Crippen molar-refractivity contribution < 1.29 is 13.2 Å². The monoisotopic (exact) mass is 272 g/mol. The minimum atomic E-state index is -0.966. The van der Waals surface area contributed by atoms with Crippen molar-refractivity contribution in [2.45, 2.75) is 19.4 Å². The van der Waals surface area contributed by atoms with Gasteiger partial charge < -0.3 is 5.73 Å². The summed E-state index contributed by atoms with van der Waals surface area (Å²) in [5, 5.41) is 2.64. The predicted molar refractivity (Wildman–Crippen MR) is 63.8 cm³/mol. The maximum absolute atomic E-state index is 13.5. The Hall–Kier alpha value is -1.40. The van der Waals surface area contributed by atoms with Gasteiger partial charge in [0.1, 0.15) is 17.5 Å². The third-order valence-electron chi connectivity index (χ3n) is 2.51. The third-order valence-corrected chi connectivity index (χ3v) is 3.33. The minimum absolute atomic E-state index is 0.212. The molecule has 0 aliphatic carbocycles. The van der Waals surface area contributed by atoms with Gasteiger partial charge in [0, 0.05) is 35.5 Å². The number of hydrogen-bond donors (Lipinski definition) is 1. The molecule has 0 radical (unpaired) electrons. The zero-order valence-electron chi connectivity index (χ0n) is 9.58. The average Bonchev–Trinajstić information content (AvgIpc) is 2.62. The third kappa shape index (κ3) is 2.70. The predicted octanol–water partition coefficient (Wildman–Crippen LogP) is 3.11. The van der Waals surface area contributed by atoms with E-state index >= 15 is 0 Å². The molecule has 2 nitrogen and oxygen atoms in total. The highest BCUT2D eigenvalue weighted by Gasteiger charge is 2.19. The van der Waals surface area contributed by atoms with Crippen LogP contribution in [0.1, 0.15) is 22.3 Å². The Labute approximate surface area is 106 Å². The van der Waals surface area contributed by atoms with Gasteiger partial charge in [-0.05, 0) is 6.92 Å². The van der Waals surface area contributed by atoms with Gasteiger partial charge in [-0.2, -0.15) is 0 Å². The van der Waals surface area contributed by atoms with Gasteiger partial charge in [-0.25, -0.2) is 18.2 Å². The highest BCUT2D eigenvalue weighted by molar-refractivity contribution is 7.09. The summed E-state index contributed by atoms with van der Waals surface area (Å²) in [5.41, 5.74) is 6.12. The molecule has 0 bridgehead atoms. The Morgan fingerprint density at radius 2 is 1.89 bits per heavy atom. The topological polar surface area (TPSA) is 38.9 Å². The van der Waals surface area contributed by atoms with E-state index in [1.54, 1.807) is 5.38 Å². The van der Waals surface area contributed by atoms with E-state index in [-0.39, 0.29) is 12.0 Å². The largest absolute Gasteiger partial charge is 0.323 e. The van der Waals surface area contributed by atoms with Crippen molar-refractivity contribution in [1.82, 2.24) is 4.98 Å². The molecule has 0 aliphatic heterocycles. The van der Waals surface area contributed by atoms with Crippen LogP contribution in [0.15, 0.2) is 17.5 Å². The smallest absolute Gasteiger partial charge is 0.133 e. The number of halogens is 3. The number of thiazole rings is 1. The summed E-state index contributed by atoms with van der Waals surface area (Å²) in [4.78, 5) is 4.17. The van der Waals surface area contributed by atoms with Crippen molar-refractivity contribution in [3.05, 3.63) is 51.2 Å². The number of nitrogens with two attached hydrogens (primary N) is 1. The number of aromatic nitrogens is 1. The van der Waals surface area contributed by atoms with Crippen molar-refractivity contribution in [1.29, 1.82) is 0 Å². The van der Waals surface area contributed by atoms with Gasteiger partial charge in [0.2, 0.25) is 0 Å². The number of benzene rings is 1. The highest BCUT2D eigenvalue weighted by Crippen LogP contribution is 2.23. The molecule has 6 heteroatoms. The maximum Gasteiger partial charge on any atom is 0.133 e. The SMILES string of the molecule is Cc1nc(CC(N)c2c(F)cc(F)cc2F)cs1. The Morgan fingerprint density at radius 3 is 2.39 bits per heavy atom. The second-order valence-electron chi connectivity index (χ2n) is 3.95. The van der Waals surface area contributed by atoms with Gasteiger partial charge in [0.05, 0.1) is 10.7 Å². The Bertz CT molecular complexity index is 545. The number of aryl methyl sites for hydroxylation is 1. The quantitative estimate of drug-likeness (QED) is 0.932. The van der Waals surface area contributed by atoms with Crippen LogP contribution in [-0.4, -0.2) is 4.98 Å².